The molecule has 1 aromatic carbocycles. The normalized spacial score (nSPS) is 11.0. The van der Waals surface area contributed by atoms with E-state index in [2.05, 4.69) is 0 Å². The summed E-state index contributed by atoms with van der Waals surface area (Å²) in [4.78, 5) is 10.4. The molecule has 0 radical (unpaired) electrons. The number of hydrogen-bond donors (Lipinski definition) is 0. The minimum Gasteiger partial charge on any atom is -0.382 e. The lowest BCUT2D eigenvalue weighted by molar-refractivity contribution is -0.384. The second kappa shape index (κ2) is 6.31. The summed E-state index contributed by atoms with van der Waals surface area (Å²) in [6.45, 7) is 2.33. The number of aromatic nitrogens is 1. The third-order valence-electron chi connectivity index (χ3n) is 2.88. The zero-order chi connectivity index (χ0) is 13.7. The number of hydrogen-bond acceptors (Lipinski definition) is 4. The van der Waals surface area contributed by atoms with Crippen molar-refractivity contribution in [3.05, 3.63) is 40.6 Å². The number of nitro benzene ring substituents is 1. The number of benzene rings is 1. The fourth-order valence-corrected chi connectivity index (χ4v) is 1.89. The lowest BCUT2D eigenvalue weighted by Crippen LogP contribution is -2.08. The molecule has 0 unspecified atom stereocenters. The van der Waals surface area contributed by atoms with Crippen LogP contribution in [0.15, 0.2) is 30.5 Å². The number of nitro groups is 1. The molecule has 0 aliphatic rings. The van der Waals surface area contributed by atoms with E-state index in [1.54, 1.807) is 19.2 Å². The van der Waals surface area contributed by atoms with E-state index in [4.69, 9.17) is 9.47 Å². The smallest absolute Gasteiger partial charge is 0.271 e. The van der Waals surface area contributed by atoms with Crippen molar-refractivity contribution in [2.75, 3.05) is 26.9 Å². The van der Waals surface area contributed by atoms with Gasteiger partial charge in [0.1, 0.15) is 0 Å². The number of nitrogens with zero attached hydrogens (tertiary/aromatic N) is 2. The van der Waals surface area contributed by atoms with Crippen LogP contribution in [-0.2, 0) is 16.0 Å². The average Bonchev–Trinajstić information content (AvgIpc) is 2.81. The number of ether oxygens (including phenoxy) is 2. The SMILES string of the molecule is COCCOCCn1ccc2ccc([N+](=O)[O-])cc21. The summed E-state index contributed by atoms with van der Waals surface area (Å²) in [5, 5.41) is 11.8. The maximum Gasteiger partial charge on any atom is 0.271 e. The Morgan fingerprint density at radius 1 is 1.26 bits per heavy atom. The van der Waals surface area contributed by atoms with Crippen molar-refractivity contribution in [2.24, 2.45) is 0 Å². The van der Waals surface area contributed by atoms with E-state index in [9.17, 15) is 10.1 Å². The van der Waals surface area contributed by atoms with Gasteiger partial charge in [-0.1, -0.05) is 0 Å². The molecular formula is C13H16N2O4. The summed E-state index contributed by atoms with van der Waals surface area (Å²) < 4.78 is 12.2. The van der Waals surface area contributed by atoms with Gasteiger partial charge in [0.05, 0.1) is 30.3 Å². The van der Waals surface area contributed by atoms with E-state index in [0.29, 0.717) is 26.4 Å². The first-order valence-corrected chi connectivity index (χ1v) is 6.02. The molecule has 0 saturated heterocycles. The molecule has 1 aromatic heterocycles. The van der Waals surface area contributed by atoms with Gasteiger partial charge in [0, 0.05) is 37.4 Å². The van der Waals surface area contributed by atoms with Gasteiger partial charge >= 0.3 is 0 Å². The van der Waals surface area contributed by atoms with E-state index < -0.39 is 0 Å². The highest BCUT2D eigenvalue weighted by Crippen LogP contribution is 2.21. The van der Waals surface area contributed by atoms with Crippen LogP contribution in [-0.4, -0.2) is 36.4 Å². The van der Waals surface area contributed by atoms with Crippen molar-refractivity contribution < 1.29 is 14.4 Å². The highest BCUT2D eigenvalue weighted by atomic mass is 16.6. The van der Waals surface area contributed by atoms with Crippen molar-refractivity contribution in [3.8, 4) is 0 Å². The Balaban J connectivity index is 2.06. The van der Waals surface area contributed by atoms with Crippen LogP contribution in [0, 0.1) is 10.1 Å². The predicted molar refractivity (Wildman–Crippen MR) is 71.3 cm³/mol. The molecule has 102 valence electrons. The second-order valence-corrected chi connectivity index (χ2v) is 4.11. The van der Waals surface area contributed by atoms with Crippen LogP contribution in [0.2, 0.25) is 0 Å². The van der Waals surface area contributed by atoms with Gasteiger partial charge in [0.2, 0.25) is 0 Å². The maximum absolute atomic E-state index is 10.8. The Morgan fingerprint density at radius 3 is 2.84 bits per heavy atom. The lowest BCUT2D eigenvalue weighted by Gasteiger charge is -2.06. The average molecular weight is 264 g/mol. The van der Waals surface area contributed by atoms with Crippen molar-refractivity contribution in [1.29, 1.82) is 0 Å². The molecule has 0 fully saturated rings. The summed E-state index contributed by atoms with van der Waals surface area (Å²) in [5.74, 6) is 0. The molecule has 19 heavy (non-hydrogen) atoms. The molecular weight excluding hydrogens is 248 g/mol. The zero-order valence-corrected chi connectivity index (χ0v) is 10.7. The van der Waals surface area contributed by atoms with Crippen LogP contribution in [0.1, 0.15) is 0 Å². The Hall–Kier alpha value is -1.92. The molecule has 0 atom stereocenters. The Bertz CT molecular complexity index is 565. The maximum atomic E-state index is 10.8. The molecule has 0 N–H and O–H groups in total. The number of rotatable bonds is 7. The first kappa shape index (κ1) is 13.5. The topological polar surface area (TPSA) is 66.5 Å². The number of fused-ring (bicyclic) bond motifs is 1. The standard InChI is InChI=1S/C13H16N2O4/c1-18-8-9-19-7-6-14-5-4-11-2-3-12(15(16)17)10-13(11)14/h2-5,10H,6-9H2,1H3. The largest absolute Gasteiger partial charge is 0.382 e. The first-order valence-electron chi connectivity index (χ1n) is 6.02. The van der Waals surface area contributed by atoms with E-state index in [1.807, 2.05) is 16.8 Å². The van der Waals surface area contributed by atoms with Crippen molar-refractivity contribution in [3.63, 3.8) is 0 Å². The number of non-ortho nitro benzene ring substituents is 1. The van der Waals surface area contributed by atoms with Crippen molar-refractivity contribution in [2.45, 2.75) is 6.54 Å². The summed E-state index contributed by atoms with van der Waals surface area (Å²) in [5.41, 5.74) is 0.956. The van der Waals surface area contributed by atoms with Crippen LogP contribution in [0.4, 0.5) is 5.69 Å². The molecule has 0 amide bonds. The van der Waals surface area contributed by atoms with E-state index >= 15 is 0 Å². The van der Waals surface area contributed by atoms with Crippen LogP contribution in [0.25, 0.3) is 10.9 Å². The second-order valence-electron chi connectivity index (χ2n) is 4.11. The van der Waals surface area contributed by atoms with Crippen LogP contribution < -0.4 is 0 Å². The van der Waals surface area contributed by atoms with Gasteiger partial charge < -0.3 is 14.0 Å². The molecule has 0 aliphatic carbocycles. The minimum absolute atomic E-state index is 0.104. The Morgan fingerprint density at radius 2 is 2.11 bits per heavy atom. The third kappa shape index (κ3) is 3.30. The van der Waals surface area contributed by atoms with E-state index in [1.165, 1.54) is 6.07 Å². The van der Waals surface area contributed by atoms with Crippen molar-refractivity contribution >= 4 is 16.6 Å². The molecule has 0 saturated carbocycles. The summed E-state index contributed by atoms with van der Waals surface area (Å²) in [6, 6.07) is 6.80. The molecule has 0 spiro atoms. The van der Waals surface area contributed by atoms with Crippen LogP contribution >= 0.6 is 0 Å². The van der Waals surface area contributed by atoms with Gasteiger partial charge in [0.25, 0.3) is 5.69 Å². The fourth-order valence-electron chi connectivity index (χ4n) is 1.89. The molecule has 6 nitrogen and oxygen atoms in total. The lowest BCUT2D eigenvalue weighted by atomic mass is 10.2. The van der Waals surface area contributed by atoms with E-state index in [0.717, 1.165) is 10.9 Å². The molecule has 2 rings (SSSR count). The van der Waals surface area contributed by atoms with Gasteiger partial charge in [-0.05, 0) is 12.1 Å². The van der Waals surface area contributed by atoms with Gasteiger partial charge in [-0.3, -0.25) is 10.1 Å². The van der Waals surface area contributed by atoms with E-state index in [-0.39, 0.29) is 10.6 Å². The van der Waals surface area contributed by atoms with Crippen molar-refractivity contribution in [1.82, 2.24) is 4.57 Å². The highest BCUT2D eigenvalue weighted by molar-refractivity contribution is 5.82. The summed E-state index contributed by atoms with van der Waals surface area (Å²) in [6.07, 6.45) is 1.91. The zero-order valence-electron chi connectivity index (χ0n) is 10.7. The summed E-state index contributed by atoms with van der Waals surface area (Å²) in [7, 11) is 1.63. The van der Waals surface area contributed by atoms with Gasteiger partial charge in [-0.25, -0.2) is 0 Å². The van der Waals surface area contributed by atoms with Crippen LogP contribution in [0.5, 0.6) is 0 Å². The molecule has 0 aliphatic heterocycles. The Labute approximate surface area is 110 Å². The quantitative estimate of drug-likeness (QED) is 0.437. The Kier molecular flexibility index (Phi) is 4.48. The fraction of sp³-hybridized carbons (Fsp3) is 0.385. The van der Waals surface area contributed by atoms with Gasteiger partial charge in [-0.15, -0.1) is 0 Å². The monoisotopic (exact) mass is 264 g/mol. The molecule has 0 bridgehead atoms. The molecule has 6 heteroatoms. The molecule has 1 heterocycles. The minimum atomic E-state index is -0.383. The summed E-state index contributed by atoms with van der Waals surface area (Å²) >= 11 is 0. The highest BCUT2D eigenvalue weighted by Gasteiger charge is 2.08. The van der Waals surface area contributed by atoms with Gasteiger partial charge in [0.15, 0.2) is 0 Å². The third-order valence-corrected chi connectivity index (χ3v) is 2.88. The van der Waals surface area contributed by atoms with Crippen LogP contribution in [0.3, 0.4) is 0 Å². The number of methoxy groups -OCH3 is 1. The first-order chi connectivity index (χ1) is 9.22. The molecule has 2 aromatic rings. The van der Waals surface area contributed by atoms with Gasteiger partial charge in [-0.2, -0.15) is 0 Å². The predicted octanol–water partition coefficient (Wildman–Crippen LogP) is 2.21.